The third-order valence-electron chi connectivity index (χ3n) is 5.82. The molecule has 152 valence electrons. The molecule has 1 aromatic rings. The lowest BCUT2D eigenvalue weighted by atomic mass is 9.78. The SMILES string of the molecule is CC(=O)N1CCC2C(COC(=O)N(C)c3ccncc3)=C(C(=O)O)N3C(=O)[C@@H]1[C@@H]23. The molecule has 2 saturated heterocycles. The number of rotatable bonds is 4. The Labute approximate surface area is 166 Å². The van der Waals surface area contributed by atoms with Crippen molar-refractivity contribution in [3.63, 3.8) is 0 Å². The van der Waals surface area contributed by atoms with Gasteiger partial charge in [-0.05, 0) is 18.6 Å². The Balaban J connectivity index is 1.54. The Kier molecular flexibility index (Phi) is 4.48. The number of anilines is 1. The zero-order chi connectivity index (χ0) is 20.9. The van der Waals surface area contributed by atoms with Gasteiger partial charge in [-0.15, -0.1) is 0 Å². The second-order valence-electron chi connectivity index (χ2n) is 7.25. The Morgan fingerprint density at radius 2 is 2.00 bits per heavy atom. The number of hydrogen-bond donors (Lipinski definition) is 1. The van der Waals surface area contributed by atoms with Gasteiger partial charge in [-0.25, -0.2) is 9.59 Å². The Hall–Kier alpha value is -3.43. The first kappa shape index (κ1) is 18.9. The summed E-state index contributed by atoms with van der Waals surface area (Å²) < 4.78 is 5.37. The predicted octanol–water partition coefficient (Wildman–Crippen LogP) is 0.454. The van der Waals surface area contributed by atoms with Crippen molar-refractivity contribution in [1.82, 2.24) is 14.8 Å². The highest BCUT2D eigenvalue weighted by atomic mass is 16.6. The highest BCUT2D eigenvalue weighted by molar-refractivity contribution is 6.03. The number of piperidine rings is 1. The van der Waals surface area contributed by atoms with Crippen molar-refractivity contribution in [1.29, 1.82) is 0 Å². The van der Waals surface area contributed by atoms with Crippen molar-refractivity contribution in [2.45, 2.75) is 25.4 Å². The summed E-state index contributed by atoms with van der Waals surface area (Å²) in [6.07, 6.45) is 2.95. The molecule has 29 heavy (non-hydrogen) atoms. The molecule has 2 fully saturated rings. The lowest BCUT2D eigenvalue weighted by molar-refractivity contribution is -0.168. The maximum absolute atomic E-state index is 12.6. The number of nitrogens with zero attached hydrogens (tertiary/aromatic N) is 4. The molecule has 0 bridgehead atoms. The zero-order valence-corrected chi connectivity index (χ0v) is 15.9. The van der Waals surface area contributed by atoms with Crippen LogP contribution in [0.3, 0.4) is 0 Å². The van der Waals surface area contributed by atoms with Crippen LogP contribution in [0.25, 0.3) is 0 Å². The highest BCUT2D eigenvalue weighted by Gasteiger charge is 2.64. The number of carbonyl (C=O) groups is 4. The van der Waals surface area contributed by atoms with Crippen molar-refractivity contribution in [2.24, 2.45) is 5.92 Å². The highest BCUT2D eigenvalue weighted by Crippen LogP contribution is 2.48. The summed E-state index contributed by atoms with van der Waals surface area (Å²) in [5.41, 5.74) is 0.863. The van der Waals surface area contributed by atoms with E-state index in [2.05, 4.69) is 4.98 Å². The summed E-state index contributed by atoms with van der Waals surface area (Å²) in [5.74, 6) is -2.10. The quantitative estimate of drug-likeness (QED) is 0.729. The van der Waals surface area contributed by atoms with E-state index in [9.17, 15) is 24.3 Å². The molecule has 0 spiro atoms. The Bertz CT molecular complexity index is 930. The molecular weight excluding hydrogens is 380 g/mol. The van der Waals surface area contributed by atoms with Gasteiger partial charge in [-0.1, -0.05) is 0 Å². The second-order valence-corrected chi connectivity index (χ2v) is 7.25. The zero-order valence-electron chi connectivity index (χ0n) is 15.9. The fraction of sp³-hybridized carbons (Fsp3) is 0.421. The molecule has 0 radical (unpaired) electrons. The minimum absolute atomic E-state index is 0.133. The molecule has 1 N–H and O–H groups in total. The molecule has 4 heterocycles. The van der Waals surface area contributed by atoms with E-state index < -0.39 is 30.1 Å². The maximum atomic E-state index is 12.6. The third kappa shape index (κ3) is 2.82. The van der Waals surface area contributed by atoms with Gasteiger partial charge in [0.1, 0.15) is 18.3 Å². The van der Waals surface area contributed by atoms with Gasteiger partial charge >= 0.3 is 12.1 Å². The molecule has 0 saturated carbocycles. The van der Waals surface area contributed by atoms with Crippen molar-refractivity contribution >= 4 is 29.6 Å². The molecule has 0 aromatic carbocycles. The van der Waals surface area contributed by atoms with Gasteiger partial charge in [0.15, 0.2) is 0 Å². The summed E-state index contributed by atoms with van der Waals surface area (Å²) >= 11 is 0. The summed E-state index contributed by atoms with van der Waals surface area (Å²) in [7, 11) is 1.54. The van der Waals surface area contributed by atoms with E-state index >= 15 is 0 Å². The van der Waals surface area contributed by atoms with Gasteiger partial charge in [-0.2, -0.15) is 0 Å². The van der Waals surface area contributed by atoms with Gasteiger partial charge in [0.05, 0.1) is 6.04 Å². The van der Waals surface area contributed by atoms with Crippen LogP contribution in [0.4, 0.5) is 10.5 Å². The molecule has 10 heteroatoms. The van der Waals surface area contributed by atoms with Crippen LogP contribution in [0.5, 0.6) is 0 Å². The average molecular weight is 400 g/mol. The lowest BCUT2D eigenvalue weighted by Crippen LogP contribution is -2.73. The third-order valence-corrected chi connectivity index (χ3v) is 5.82. The number of amides is 3. The van der Waals surface area contributed by atoms with E-state index in [0.717, 1.165) is 0 Å². The Morgan fingerprint density at radius 3 is 2.62 bits per heavy atom. The van der Waals surface area contributed by atoms with E-state index in [0.29, 0.717) is 24.2 Å². The normalized spacial score (nSPS) is 24.8. The smallest absolute Gasteiger partial charge is 0.414 e. The average Bonchev–Trinajstić information content (AvgIpc) is 3.04. The molecule has 3 aliphatic rings. The minimum atomic E-state index is -1.24. The molecule has 1 aromatic heterocycles. The Morgan fingerprint density at radius 1 is 1.31 bits per heavy atom. The lowest BCUT2D eigenvalue weighted by Gasteiger charge is -2.53. The summed E-state index contributed by atoms with van der Waals surface area (Å²) in [6, 6.07) is 2.24. The van der Waals surface area contributed by atoms with E-state index in [1.807, 2.05) is 0 Å². The number of likely N-dealkylation sites (tertiary alicyclic amines) is 1. The van der Waals surface area contributed by atoms with Crippen molar-refractivity contribution < 1.29 is 29.0 Å². The number of hydrogen-bond acceptors (Lipinski definition) is 6. The molecule has 3 amide bonds. The molecule has 10 nitrogen and oxygen atoms in total. The van der Waals surface area contributed by atoms with Crippen LogP contribution >= 0.6 is 0 Å². The number of aliphatic carboxylic acids is 1. The van der Waals surface area contributed by atoms with Crippen LogP contribution in [-0.2, 0) is 19.1 Å². The number of ether oxygens (including phenoxy) is 1. The van der Waals surface area contributed by atoms with E-state index in [1.165, 1.54) is 28.7 Å². The standard InChI is InChI=1S/C19H20N4O6/c1-10(24)22-8-5-12-13(15(18(26)27)23-14(12)16(22)17(23)25)9-29-19(28)21(2)11-3-6-20-7-4-11/h3-4,6-7,12,14,16H,5,8-9H2,1-2H3,(H,26,27)/t12?,14-,16+/m1/s1. The number of aromatic nitrogens is 1. The van der Waals surface area contributed by atoms with Gasteiger partial charge in [0, 0.05) is 50.1 Å². The van der Waals surface area contributed by atoms with E-state index in [4.69, 9.17) is 4.74 Å². The van der Waals surface area contributed by atoms with Crippen LogP contribution in [0, 0.1) is 5.92 Å². The molecule has 3 atom stereocenters. The molecule has 0 aliphatic carbocycles. The topological polar surface area (TPSA) is 120 Å². The number of carboxylic acids is 1. The van der Waals surface area contributed by atoms with Crippen molar-refractivity contribution in [2.75, 3.05) is 25.1 Å². The summed E-state index contributed by atoms with van der Waals surface area (Å²) in [6.45, 7) is 1.53. The first-order valence-electron chi connectivity index (χ1n) is 9.20. The van der Waals surface area contributed by atoms with Crippen LogP contribution < -0.4 is 4.90 Å². The predicted molar refractivity (Wildman–Crippen MR) is 98.6 cm³/mol. The van der Waals surface area contributed by atoms with Gasteiger partial charge in [-0.3, -0.25) is 24.4 Å². The monoisotopic (exact) mass is 400 g/mol. The summed E-state index contributed by atoms with van der Waals surface area (Å²) in [4.78, 5) is 56.6. The van der Waals surface area contributed by atoms with E-state index in [1.54, 1.807) is 24.5 Å². The second kappa shape index (κ2) is 6.87. The fourth-order valence-corrected chi connectivity index (χ4v) is 4.45. The minimum Gasteiger partial charge on any atom is -0.477 e. The number of β-lactam (4-membered cyclic amide) rings is 1. The molecule has 1 unspecified atom stereocenters. The van der Waals surface area contributed by atoms with Crippen molar-refractivity contribution in [3.05, 3.63) is 35.8 Å². The number of carboxylic acid groups (broad SMARTS) is 1. The first-order valence-corrected chi connectivity index (χ1v) is 9.20. The van der Waals surface area contributed by atoms with Crippen LogP contribution in [0.2, 0.25) is 0 Å². The van der Waals surface area contributed by atoms with Crippen LogP contribution in [-0.4, -0.2) is 76.1 Å². The van der Waals surface area contributed by atoms with Crippen LogP contribution in [0.15, 0.2) is 35.8 Å². The van der Waals surface area contributed by atoms with Gasteiger partial charge in [0.25, 0.3) is 5.91 Å². The maximum Gasteiger partial charge on any atom is 0.414 e. The van der Waals surface area contributed by atoms with Gasteiger partial charge in [0.2, 0.25) is 5.91 Å². The molecule has 3 aliphatic heterocycles. The van der Waals surface area contributed by atoms with Crippen molar-refractivity contribution in [3.8, 4) is 0 Å². The number of carbonyl (C=O) groups excluding carboxylic acids is 3. The van der Waals surface area contributed by atoms with E-state index in [-0.39, 0.29) is 24.1 Å². The molecule has 4 rings (SSSR count). The molecular formula is C19H20N4O6. The van der Waals surface area contributed by atoms with Crippen LogP contribution in [0.1, 0.15) is 13.3 Å². The number of pyridine rings is 1. The summed E-state index contributed by atoms with van der Waals surface area (Å²) in [5, 5.41) is 9.68. The fourth-order valence-electron chi connectivity index (χ4n) is 4.45. The largest absolute Gasteiger partial charge is 0.477 e. The van der Waals surface area contributed by atoms with Gasteiger partial charge < -0.3 is 14.7 Å². The first-order chi connectivity index (χ1) is 13.8.